The van der Waals surface area contributed by atoms with Crippen molar-refractivity contribution in [1.82, 2.24) is 0 Å². The number of unbranched alkanes of at least 4 members (excludes halogenated alkanes) is 1. The molecule has 16 heavy (non-hydrogen) atoms. The van der Waals surface area contributed by atoms with Crippen LogP contribution in [0.25, 0.3) is 0 Å². The van der Waals surface area contributed by atoms with Crippen molar-refractivity contribution in [2.45, 2.75) is 31.7 Å². The molecule has 0 unspecified atom stereocenters. The molecule has 88 valence electrons. The molecular weight excluding hydrogens is 204 g/mol. The van der Waals surface area contributed by atoms with E-state index in [0.717, 1.165) is 24.8 Å². The van der Waals surface area contributed by atoms with E-state index in [-0.39, 0.29) is 19.0 Å². The molecule has 1 heterocycles. The van der Waals surface area contributed by atoms with Crippen molar-refractivity contribution in [1.29, 1.82) is 0 Å². The van der Waals surface area contributed by atoms with Crippen LogP contribution in [0.5, 0.6) is 0 Å². The third-order valence-electron chi connectivity index (χ3n) is 2.76. The molecule has 0 radical (unpaired) electrons. The maximum Gasteiger partial charge on any atom is 0.184 e. The Hall–Kier alpha value is -0.900. The van der Waals surface area contributed by atoms with E-state index in [2.05, 4.69) is 0 Å². The Morgan fingerprint density at radius 2 is 2.00 bits per heavy atom. The van der Waals surface area contributed by atoms with Gasteiger partial charge in [0, 0.05) is 12.2 Å². The van der Waals surface area contributed by atoms with E-state index in [4.69, 9.17) is 14.6 Å². The zero-order chi connectivity index (χ0) is 11.2. The molecule has 0 amide bonds. The number of benzene rings is 1. The summed E-state index contributed by atoms with van der Waals surface area (Å²) in [4.78, 5) is 0. The quantitative estimate of drug-likeness (QED) is 0.777. The second kappa shape index (κ2) is 5.99. The van der Waals surface area contributed by atoms with Crippen LogP contribution < -0.4 is 0 Å². The van der Waals surface area contributed by atoms with E-state index in [1.807, 2.05) is 30.3 Å². The molecule has 1 saturated heterocycles. The molecule has 3 nitrogen and oxygen atoms in total. The summed E-state index contributed by atoms with van der Waals surface area (Å²) < 4.78 is 11.4. The molecule has 2 rings (SSSR count). The van der Waals surface area contributed by atoms with Crippen molar-refractivity contribution in [3.8, 4) is 0 Å². The van der Waals surface area contributed by atoms with Gasteiger partial charge in [-0.25, -0.2) is 0 Å². The van der Waals surface area contributed by atoms with Gasteiger partial charge in [0.15, 0.2) is 6.29 Å². The van der Waals surface area contributed by atoms with E-state index >= 15 is 0 Å². The Bertz CT molecular complexity index is 299. The molecule has 1 fully saturated rings. The molecule has 0 aliphatic carbocycles. The Morgan fingerprint density at radius 1 is 1.19 bits per heavy atom. The van der Waals surface area contributed by atoms with Crippen LogP contribution in [0.2, 0.25) is 0 Å². The van der Waals surface area contributed by atoms with E-state index in [9.17, 15) is 0 Å². The van der Waals surface area contributed by atoms with Crippen molar-refractivity contribution in [2.24, 2.45) is 0 Å². The monoisotopic (exact) mass is 222 g/mol. The van der Waals surface area contributed by atoms with Gasteiger partial charge < -0.3 is 14.6 Å². The number of ether oxygens (including phenoxy) is 2. The molecule has 1 aromatic carbocycles. The highest BCUT2D eigenvalue weighted by atomic mass is 16.7. The number of hydrogen-bond donors (Lipinski definition) is 1. The summed E-state index contributed by atoms with van der Waals surface area (Å²) in [6.45, 7) is 0.917. The minimum atomic E-state index is -0.208. The molecule has 0 spiro atoms. The predicted molar refractivity (Wildman–Crippen MR) is 60.9 cm³/mol. The van der Waals surface area contributed by atoms with E-state index < -0.39 is 0 Å². The summed E-state index contributed by atoms with van der Waals surface area (Å²) in [5.41, 5.74) is 1.08. The summed E-state index contributed by atoms with van der Waals surface area (Å²) in [7, 11) is 0. The topological polar surface area (TPSA) is 38.7 Å². The van der Waals surface area contributed by atoms with Crippen molar-refractivity contribution in [3.05, 3.63) is 35.9 Å². The lowest BCUT2D eigenvalue weighted by molar-refractivity contribution is -0.0614. The first-order valence-electron chi connectivity index (χ1n) is 5.83. The number of rotatable bonds is 5. The fraction of sp³-hybridized carbons (Fsp3) is 0.538. The number of aliphatic hydroxyl groups is 1. The van der Waals surface area contributed by atoms with Gasteiger partial charge in [-0.3, -0.25) is 0 Å². The lowest BCUT2D eigenvalue weighted by Gasteiger charge is -2.11. The van der Waals surface area contributed by atoms with Gasteiger partial charge in [-0.1, -0.05) is 30.3 Å². The molecule has 3 heteroatoms. The second-order valence-corrected chi connectivity index (χ2v) is 4.05. The Balaban J connectivity index is 1.79. The van der Waals surface area contributed by atoms with Crippen molar-refractivity contribution >= 4 is 0 Å². The lowest BCUT2D eigenvalue weighted by atomic mass is 10.2. The first-order valence-corrected chi connectivity index (χ1v) is 5.83. The van der Waals surface area contributed by atoms with Gasteiger partial charge in [-0.15, -0.1) is 0 Å². The van der Waals surface area contributed by atoms with Crippen LogP contribution in [0.3, 0.4) is 0 Å². The minimum absolute atomic E-state index is 0.178. The second-order valence-electron chi connectivity index (χ2n) is 4.05. The van der Waals surface area contributed by atoms with E-state index in [1.54, 1.807) is 0 Å². The summed E-state index contributed by atoms with van der Waals surface area (Å²) in [5.74, 6) is 0. The van der Waals surface area contributed by atoms with Crippen LogP contribution in [0.4, 0.5) is 0 Å². The molecule has 0 bridgehead atoms. The maximum atomic E-state index is 8.70. The fourth-order valence-corrected chi connectivity index (χ4v) is 1.87. The van der Waals surface area contributed by atoms with Crippen molar-refractivity contribution < 1.29 is 14.6 Å². The smallest absolute Gasteiger partial charge is 0.184 e. The zero-order valence-corrected chi connectivity index (χ0v) is 9.34. The molecular formula is C13H18O3. The highest BCUT2D eigenvalue weighted by Crippen LogP contribution is 2.28. The molecule has 0 aromatic heterocycles. The van der Waals surface area contributed by atoms with Crippen LogP contribution in [-0.2, 0) is 9.47 Å². The lowest BCUT2D eigenvalue weighted by Crippen LogP contribution is -2.09. The molecule has 2 atom stereocenters. The Labute approximate surface area is 96.0 Å². The number of aliphatic hydroxyl groups excluding tert-OH is 1. The summed E-state index contributed by atoms with van der Waals surface area (Å²) in [6.07, 6.45) is 2.77. The van der Waals surface area contributed by atoms with Gasteiger partial charge in [0.25, 0.3) is 0 Å². The van der Waals surface area contributed by atoms with Gasteiger partial charge in [0.1, 0.15) is 0 Å². The van der Waals surface area contributed by atoms with Crippen LogP contribution in [-0.4, -0.2) is 24.4 Å². The van der Waals surface area contributed by atoms with Crippen LogP contribution in [0, 0.1) is 0 Å². The molecule has 1 aliphatic rings. The molecule has 1 N–H and O–H groups in total. The van der Waals surface area contributed by atoms with Crippen LogP contribution >= 0.6 is 0 Å². The van der Waals surface area contributed by atoms with Crippen molar-refractivity contribution in [2.75, 3.05) is 13.2 Å². The normalized spacial score (nSPS) is 24.8. The molecule has 0 saturated carbocycles. The predicted octanol–water partition coefficient (Wildman–Crippen LogP) is 2.26. The highest BCUT2D eigenvalue weighted by Gasteiger charge is 2.26. The van der Waals surface area contributed by atoms with Crippen molar-refractivity contribution in [3.63, 3.8) is 0 Å². The maximum absolute atomic E-state index is 8.70. The summed E-state index contributed by atoms with van der Waals surface area (Å²) in [5, 5.41) is 8.70. The zero-order valence-electron chi connectivity index (χ0n) is 9.34. The first-order chi connectivity index (χ1) is 7.90. The molecule has 1 aromatic rings. The van der Waals surface area contributed by atoms with E-state index in [1.165, 1.54) is 0 Å². The van der Waals surface area contributed by atoms with Gasteiger partial charge in [-0.2, -0.15) is 0 Å². The Morgan fingerprint density at radius 3 is 2.75 bits per heavy atom. The standard InChI is InChI=1S/C13H18O3/c14-9-5-4-8-12-10-15-13(16-12)11-6-2-1-3-7-11/h1-3,6-7,12-14H,4-5,8-10H2/t12-,13+/m1/s1. The first kappa shape index (κ1) is 11.6. The van der Waals surface area contributed by atoms with Gasteiger partial charge >= 0.3 is 0 Å². The highest BCUT2D eigenvalue weighted by molar-refractivity contribution is 5.16. The molecule has 1 aliphatic heterocycles. The fourth-order valence-electron chi connectivity index (χ4n) is 1.87. The average Bonchev–Trinajstić information content (AvgIpc) is 2.79. The van der Waals surface area contributed by atoms with Crippen LogP contribution in [0.15, 0.2) is 30.3 Å². The van der Waals surface area contributed by atoms with Gasteiger partial charge in [0.2, 0.25) is 0 Å². The SMILES string of the molecule is OCCCC[C@@H]1CO[C@H](c2ccccc2)O1. The third kappa shape index (κ3) is 3.04. The third-order valence-corrected chi connectivity index (χ3v) is 2.76. The average molecular weight is 222 g/mol. The Kier molecular flexibility index (Phi) is 4.34. The van der Waals surface area contributed by atoms with Gasteiger partial charge in [-0.05, 0) is 19.3 Å². The summed E-state index contributed by atoms with van der Waals surface area (Å²) >= 11 is 0. The number of hydrogen-bond acceptors (Lipinski definition) is 3. The van der Waals surface area contributed by atoms with Gasteiger partial charge in [0.05, 0.1) is 12.7 Å². The largest absolute Gasteiger partial charge is 0.396 e. The minimum Gasteiger partial charge on any atom is -0.396 e. The van der Waals surface area contributed by atoms with Crippen LogP contribution in [0.1, 0.15) is 31.1 Å². The van der Waals surface area contributed by atoms with E-state index in [0.29, 0.717) is 6.61 Å². The summed E-state index contributed by atoms with van der Waals surface area (Å²) in [6, 6.07) is 9.99.